The van der Waals surface area contributed by atoms with Gasteiger partial charge in [0.2, 0.25) is 25.9 Å². The van der Waals surface area contributed by atoms with Crippen molar-refractivity contribution < 1.29 is 50.5 Å². The van der Waals surface area contributed by atoms with Crippen molar-refractivity contribution in [2.45, 2.75) is 116 Å². The van der Waals surface area contributed by atoms with E-state index >= 15 is 0 Å². The van der Waals surface area contributed by atoms with E-state index in [-0.39, 0.29) is 10.8 Å². The zero-order valence-corrected chi connectivity index (χ0v) is 76.0. The van der Waals surface area contributed by atoms with Gasteiger partial charge in [0.25, 0.3) is 0 Å². The van der Waals surface area contributed by atoms with Crippen LogP contribution in [0.15, 0.2) is 172 Å². The van der Waals surface area contributed by atoms with Gasteiger partial charge < -0.3 is 34.5 Å². The van der Waals surface area contributed by atoms with Crippen LogP contribution >= 0.6 is 15.9 Å². The molecule has 9 N–H and O–H groups in total. The number of nitrogen functional groups attached to an aromatic ring is 1. The molecule has 0 fully saturated rings. The number of aliphatic imine (C=N–C) groups is 1. The van der Waals surface area contributed by atoms with Gasteiger partial charge in [-0.05, 0) is 239 Å². The van der Waals surface area contributed by atoms with Crippen molar-refractivity contribution in [3.63, 3.8) is 0 Å². The van der Waals surface area contributed by atoms with Crippen LogP contribution in [0, 0.1) is 60.8 Å². The molecule has 30 nitrogen and oxygen atoms in total. The molecule has 0 bridgehead atoms. The van der Waals surface area contributed by atoms with E-state index in [4.69, 9.17) is 51.1 Å². The second-order valence-corrected chi connectivity index (χ2v) is 36.4. The Bertz CT molecular complexity index is 5850. The Hall–Kier alpha value is -10.6. The van der Waals surface area contributed by atoms with Crippen molar-refractivity contribution >= 4 is 156 Å². The van der Waals surface area contributed by atoms with Crippen LogP contribution in [0.25, 0.3) is 28.4 Å². The SMILES string of the molecule is CCN(CCNS(C)(=O)=O)c1ccc(N)c(C)c1.CCN(CCNS(C)(=O)=O)c1ccc(N=C2C(C(C)(C)C)=Nn3nc(-c4ccc(NS(=O)Oc5cc(Nc6cc(C)ccc6C)ccc5C)cc4)nc32)c(C)c1.Cc1ccc(C)c(Nc2ccc(C)c(OS(=O)Nc3ccc(-c4nc5c(Br)c(C(C)(C)C)[nH]n5n4)cc3)c2)c1.O=S=O.O=S=O. The summed E-state index contributed by atoms with van der Waals surface area (Å²) < 4.78 is 129. The maximum Gasteiger partial charge on any atom is 0.335 e. The molecule has 37 heteroatoms. The maximum atomic E-state index is 13.1. The molecule has 634 valence electrons. The first-order chi connectivity index (χ1) is 56.1. The quantitative estimate of drug-likeness (QED) is 0.0222. The van der Waals surface area contributed by atoms with Gasteiger partial charge in [-0.2, -0.15) is 35.0 Å². The van der Waals surface area contributed by atoms with Gasteiger partial charge >= 0.3 is 45.7 Å². The Morgan fingerprint density at radius 1 is 0.538 bits per heavy atom. The van der Waals surface area contributed by atoms with Crippen LogP contribution in [0.4, 0.5) is 56.9 Å². The molecule has 2 unspecified atom stereocenters. The molecule has 0 aliphatic carbocycles. The number of aromatic amines is 1. The van der Waals surface area contributed by atoms with E-state index in [1.807, 2.05) is 152 Å². The molecule has 4 heterocycles. The summed E-state index contributed by atoms with van der Waals surface area (Å²) in [4.78, 5) is 20.4. The number of rotatable bonds is 27. The van der Waals surface area contributed by atoms with Crippen molar-refractivity contribution in [3.8, 4) is 34.3 Å². The topological polar surface area (TPSA) is 395 Å². The minimum Gasteiger partial charge on any atom is -0.399 e. The molecular weight excluding hydrogens is 1700 g/mol. The highest BCUT2D eigenvalue weighted by Gasteiger charge is 2.35. The number of benzene rings is 8. The summed E-state index contributed by atoms with van der Waals surface area (Å²) in [5, 5.41) is 24.3. The first-order valence-electron chi connectivity index (χ1n) is 37.5. The largest absolute Gasteiger partial charge is 0.399 e. The van der Waals surface area contributed by atoms with Gasteiger partial charge in [-0.1, -0.05) is 77.9 Å². The summed E-state index contributed by atoms with van der Waals surface area (Å²) in [5.41, 5.74) is 27.0. The van der Waals surface area contributed by atoms with Crippen LogP contribution in [0.3, 0.4) is 0 Å². The molecule has 1 aliphatic rings. The molecule has 3 aromatic heterocycles. The summed E-state index contributed by atoms with van der Waals surface area (Å²) in [6, 6.07) is 50.6. The molecule has 11 aromatic rings. The van der Waals surface area contributed by atoms with Crippen LogP contribution in [0.1, 0.15) is 111 Å². The fourth-order valence-corrected chi connectivity index (χ4v) is 15.2. The highest BCUT2D eigenvalue weighted by atomic mass is 79.9. The summed E-state index contributed by atoms with van der Waals surface area (Å²) in [6.07, 6.45) is 2.32. The highest BCUT2D eigenvalue weighted by molar-refractivity contribution is 9.10. The number of halogens is 1. The summed E-state index contributed by atoms with van der Waals surface area (Å²) >= 11 is -1.50. The van der Waals surface area contributed by atoms with Crippen LogP contribution in [-0.2, 0) is 71.1 Å². The van der Waals surface area contributed by atoms with Crippen molar-refractivity contribution in [1.82, 2.24) is 44.1 Å². The summed E-state index contributed by atoms with van der Waals surface area (Å²) in [7, 11) is -6.38. The number of anilines is 9. The van der Waals surface area contributed by atoms with Gasteiger partial charge in [-0.3, -0.25) is 14.5 Å². The van der Waals surface area contributed by atoms with E-state index in [1.165, 1.54) is 10.4 Å². The Morgan fingerprint density at radius 2 is 0.966 bits per heavy atom. The van der Waals surface area contributed by atoms with E-state index in [0.29, 0.717) is 72.2 Å². The molecule has 8 aromatic carbocycles. The normalized spacial score (nSPS) is 12.6. The third-order valence-electron chi connectivity index (χ3n) is 18.3. The van der Waals surface area contributed by atoms with E-state index in [9.17, 15) is 25.3 Å². The smallest absolute Gasteiger partial charge is 0.335 e. The van der Waals surface area contributed by atoms with Crippen LogP contribution in [0.5, 0.6) is 11.5 Å². The zero-order chi connectivity index (χ0) is 87.4. The van der Waals surface area contributed by atoms with Crippen LogP contribution in [-0.4, -0.2) is 140 Å². The van der Waals surface area contributed by atoms with Crippen molar-refractivity contribution in [2.24, 2.45) is 15.5 Å². The lowest BCUT2D eigenvalue weighted by Gasteiger charge is -2.24. The standard InChI is InChI=1S/C41H49N9O4S2.C29H31BrN6O2S.C12H21N3O2S.2O2S/c1-10-49(22-21-42-56(9,52)53)33-19-20-34(29(5)24-33)44-37-38(41(6,7)8)46-50-40(37)45-39(47-50)30-14-17-31(18-15-30)48-55(51)54-36-25-32(16-13-28(36)4)43-35-23-26(2)11-12-27(35)3;1-17-7-8-18(2)23(15-17)31-22-12-9-19(3)24(16-22)38-39(37)35-21-13-10-20(11-14-21)27-32-28-25(30)26(29(4,5)6)33-36(28)34-27;1-4-15(8-7-14-18(3,16)17)11-5-6-12(13)10(2)9-11;2*1-3-2/h11-20,23-25,42-43,48H,10,21-22H2,1-9H3;7-16,31,33,35H,1-6H3;5-6,9,14H,4,7-8,13H2,1-3H3;;. The Labute approximate surface area is 716 Å². The second kappa shape index (κ2) is 41.8. The average Bonchev–Trinajstić information content (AvgIpc) is 1.66. The monoisotopic (exact) mass is 1800 g/mol. The number of hydrogen-bond acceptors (Lipinski definition) is 23. The molecule has 12 rings (SSSR count). The molecule has 0 radical (unpaired) electrons. The molecule has 2 atom stereocenters. The number of likely N-dealkylation sites (N-methyl/N-ethyl adjacent to an activating group) is 2. The molecule has 1 aliphatic heterocycles. The van der Waals surface area contributed by atoms with Crippen LogP contribution in [0.2, 0.25) is 0 Å². The van der Waals surface area contributed by atoms with Crippen LogP contribution < -0.4 is 53.4 Å². The van der Waals surface area contributed by atoms with E-state index in [2.05, 4.69) is 175 Å². The number of aryl methyl sites for hydroxylation is 8. The third-order valence-corrected chi connectivity index (χ3v) is 22.0. The Kier molecular flexibility index (Phi) is 33.0. The maximum absolute atomic E-state index is 13.1. The van der Waals surface area contributed by atoms with Crippen molar-refractivity contribution in [1.29, 1.82) is 0 Å². The number of nitrogens with one attached hydrogen (secondary N) is 7. The minimum absolute atomic E-state index is 0.0666. The molecule has 0 saturated carbocycles. The highest BCUT2D eigenvalue weighted by Crippen LogP contribution is 2.36. The first-order valence-corrected chi connectivity index (χ1v) is 45.5. The average molecular weight is 1800 g/mol. The molecular formula is C82H101BrN18O12S6. The number of nitrogens with two attached hydrogens (primary N) is 1. The summed E-state index contributed by atoms with van der Waals surface area (Å²) in [5.74, 6) is 2.64. The van der Waals surface area contributed by atoms with Gasteiger partial charge in [-0.25, -0.2) is 41.2 Å². The zero-order valence-electron chi connectivity index (χ0n) is 69.5. The molecule has 0 amide bonds. The number of hydrogen-bond donors (Lipinski definition) is 8. The molecule has 0 spiro atoms. The molecule has 0 saturated heterocycles. The van der Waals surface area contributed by atoms with E-state index < -0.39 is 65.7 Å². The van der Waals surface area contributed by atoms with E-state index in [0.717, 1.165) is 143 Å². The Balaban J connectivity index is 0.000000241. The fraction of sp³-hybridized carbons (Fsp3) is 0.317. The van der Waals surface area contributed by atoms with E-state index in [1.54, 1.807) is 16.8 Å². The first kappa shape index (κ1) is 93.9. The predicted octanol–water partition coefficient (Wildman–Crippen LogP) is 14.9. The minimum atomic E-state index is -3.26. The van der Waals surface area contributed by atoms with Gasteiger partial charge in [0.1, 0.15) is 17.2 Å². The van der Waals surface area contributed by atoms with Gasteiger partial charge in [0, 0.05) is 125 Å². The van der Waals surface area contributed by atoms with Gasteiger partial charge in [0.15, 0.2) is 17.3 Å². The Morgan fingerprint density at radius 3 is 1.38 bits per heavy atom. The lowest BCUT2D eigenvalue weighted by molar-refractivity contribution is 0.554. The fourth-order valence-electron chi connectivity index (χ4n) is 11.9. The van der Waals surface area contributed by atoms with Crippen molar-refractivity contribution in [2.75, 3.05) is 87.4 Å². The van der Waals surface area contributed by atoms with Gasteiger partial charge in [0.05, 0.1) is 34.1 Å². The number of aromatic nitrogens is 7. The third kappa shape index (κ3) is 27.2. The molecule has 119 heavy (non-hydrogen) atoms. The number of sulfonamides is 2. The lowest BCUT2D eigenvalue weighted by atomic mass is 9.87. The summed E-state index contributed by atoms with van der Waals surface area (Å²) in [6.45, 7) is 36.1. The van der Waals surface area contributed by atoms with Crippen molar-refractivity contribution in [3.05, 3.63) is 218 Å². The van der Waals surface area contributed by atoms with Gasteiger partial charge in [-0.15, -0.1) is 15.0 Å². The predicted molar refractivity (Wildman–Crippen MR) is 485 cm³/mol. The number of fused-ring (bicyclic) bond motifs is 2. The number of nitrogens with zero attached hydrogens (tertiary/aromatic N) is 10. The number of H-pyrrole nitrogens is 1. The second-order valence-electron chi connectivity index (χ2n) is 30.0. The lowest BCUT2D eigenvalue weighted by Crippen LogP contribution is -2.34.